The van der Waals surface area contributed by atoms with Gasteiger partial charge < -0.3 is 15.0 Å². The van der Waals surface area contributed by atoms with Crippen molar-refractivity contribution in [3.8, 4) is 5.75 Å². The van der Waals surface area contributed by atoms with Crippen LogP contribution in [0.3, 0.4) is 0 Å². The molecule has 39 heavy (non-hydrogen) atoms. The first-order valence-corrected chi connectivity index (χ1v) is 14.5. The third-order valence-electron chi connectivity index (χ3n) is 6.20. The number of carbonyl (C=O) groups excluding carboxylic acids is 2. The van der Waals surface area contributed by atoms with Gasteiger partial charge in [0.15, 0.2) is 0 Å². The number of ether oxygens (including phenoxy) is 1. The molecule has 0 bridgehead atoms. The van der Waals surface area contributed by atoms with Crippen LogP contribution in [0.25, 0.3) is 0 Å². The molecular formula is C30H37N3O5S. The Bertz CT molecular complexity index is 1340. The van der Waals surface area contributed by atoms with Crippen LogP contribution in [0.5, 0.6) is 5.75 Å². The van der Waals surface area contributed by atoms with Gasteiger partial charge in [-0.25, -0.2) is 8.42 Å². The lowest BCUT2D eigenvalue weighted by Crippen LogP contribution is -2.51. The third-order valence-corrected chi connectivity index (χ3v) is 7.99. The molecule has 2 amide bonds. The molecule has 0 fully saturated rings. The van der Waals surface area contributed by atoms with Gasteiger partial charge in [-0.05, 0) is 69.2 Å². The Balaban J connectivity index is 1.98. The Hall–Kier alpha value is -3.85. The van der Waals surface area contributed by atoms with Crippen LogP contribution < -0.4 is 14.4 Å². The fourth-order valence-electron chi connectivity index (χ4n) is 4.11. The van der Waals surface area contributed by atoms with Crippen molar-refractivity contribution in [1.82, 2.24) is 10.2 Å². The van der Waals surface area contributed by atoms with Crippen LogP contribution in [-0.2, 0) is 26.2 Å². The molecule has 0 aromatic heterocycles. The van der Waals surface area contributed by atoms with Crippen LogP contribution in [0, 0.1) is 6.92 Å². The standard InChI is InChI=1S/C30H37N3O5S/c1-5-19-31-30(35)24(4)32(21-25-12-10-11-23(3)20-25)29(34)22-33(26-13-8-7-9-14-26)39(36,37)28-17-15-27(16-18-28)38-6-2/h7-18,20,24H,5-6,19,21-22H2,1-4H3,(H,31,35). The molecule has 3 aromatic rings. The highest BCUT2D eigenvalue weighted by Crippen LogP contribution is 2.26. The van der Waals surface area contributed by atoms with Crippen molar-refractivity contribution in [2.45, 2.75) is 51.6 Å². The summed E-state index contributed by atoms with van der Waals surface area (Å²) in [5.74, 6) is -0.234. The number of carbonyl (C=O) groups is 2. The molecule has 3 aromatic carbocycles. The van der Waals surface area contributed by atoms with E-state index >= 15 is 0 Å². The van der Waals surface area contributed by atoms with Crippen LogP contribution in [0.4, 0.5) is 5.69 Å². The van der Waals surface area contributed by atoms with Gasteiger partial charge in [-0.2, -0.15) is 0 Å². The lowest BCUT2D eigenvalue weighted by atomic mass is 10.1. The highest BCUT2D eigenvalue weighted by molar-refractivity contribution is 7.92. The highest BCUT2D eigenvalue weighted by atomic mass is 32.2. The topological polar surface area (TPSA) is 96.0 Å². The molecule has 0 aliphatic heterocycles. The van der Waals surface area contributed by atoms with Crippen molar-refractivity contribution >= 4 is 27.5 Å². The summed E-state index contributed by atoms with van der Waals surface area (Å²) in [7, 11) is -4.12. The summed E-state index contributed by atoms with van der Waals surface area (Å²) in [5.41, 5.74) is 2.21. The summed E-state index contributed by atoms with van der Waals surface area (Å²) in [4.78, 5) is 28.3. The Morgan fingerprint density at radius 1 is 0.949 bits per heavy atom. The Morgan fingerprint density at radius 2 is 1.64 bits per heavy atom. The fourth-order valence-corrected chi connectivity index (χ4v) is 5.52. The maximum absolute atomic E-state index is 13.9. The van der Waals surface area contributed by atoms with Crippen molar-refractivity contribution in [3.63, 3.8) is 0 Å². The average Bonchev–Trinajstić information content (AvgIpc) is 2.93. The van der Waals surface area contributed by atoms with Gasteiger partial charge in [0.25, 0.3) is 10.0 Å². The van der Waals surface area contributed by atoms with E-state index in [9.17, 15) is 18.0 Å². The second-order valence-electron chi connectivity index (χ2n) is 9.23. The number of amides is 2. The summed E-state index contributed by atoms with van der Waals surface area (Å²) in [6, 6.07) is 21.5. The van der Waals surface area contributed by atoms with Crippen molar-refractivity contribution in [1.29, 1.82) is 0 Å². The minimum Gasteiger partial charge on any atom is -0.494 e. The molecule has 1 atom stereocenters. The molecule has 208 valence electrons. The average molecular weight is 552 g/mol. The van der Waals surface area contributed by atoms with E-state index in [0.717, 1.165) is 21.9 Å². The molecule has 1 unspecified atom stereocenters. The molecule has 0 saturated heterocycles. The number of nitrogens with one attached hydrogen (secondary N) is 1. The number of sulfonamides is 1. The van der Waals surface area contributed by atoms with Crippen LogP contribution in [0.15, 0.2) is 83.8 Å². The monoisotopic (exact) mass is 551 g/mol. The minimum atomic E-state index is -4.12. The van der Waals surface area contributed by atoms with Gasteiger partial charge in [0.2, 0.25) is 11.8 Å². The zero-order valence-corrected chi connectivity index (χ0v) is 23.8. The van der Waals surface area contributed by atoms with Crippen molar-refractivity contribution in [2.24, 2.45) is 0 Å². The zero-order chi connectivity index (χ0) is 28.4. The largest absolute Gasteiger partial charge is 0.494 e. The van der Waals surface area contributed by atoms with Gasteiger partial charge in [0, 0.05) is 13.1 Å². The van der Waals surface area contributed by atoms with Crippen molar-refractivity contribution in [3.05, 3.63) is 90.0 Å². The van der Waals surface area contributed by atoms with E-state index in [1.54, 1.807) is 49.4 Å². The first-order valence-electron chi connectivity index (χ1n) is 13.1. The maximum atomic E-state index is 13.9. The Kier molecular flexibility index (Phi) is 10.5. The summed E-state index contributed by atoms with van der Waals surface area (Å²) in [6.45, 7) is 8.03. The SMILES string of the molecule is CCCNC(=O)C(C)N(Cc1cccc(C)c1)C(=O)CN(c1ccccc1)S(=O)(=O)c1ccc(OCC)cc1. The van der Waals surface area contributed by atoms with Crippen LogP contribution >= 0.6 is 0 Å². The molecule has 9 heteroatoms. The first-order chi connectivity index (χ1) is 18.7. The molecule has 0 spiro atoms. The number of benzene rings is 3. The summed E-state index contributed by atoms with van der Waals surface area (Å²) in [6.07, 6.45) is 0.756. The van der Waals surface area contributed by atoms with Gasteiger partial charge in [-0.1, -0.05) is 55.0 Å². The molecule has 0 aliphatic carbocycles. The molecule has 0 saturated carbocycles. The van der Waals surface area contributed by atoms with Gasteiger partial charge in [0.05, 0.1) is 17.2 Å². The number of hydrogen-bond donors (Lipinski definition) is 1. The quantitative estimate of drug-likeness (QED) is 0.337. The van der Waals surface area contributed by atoms with Gasteiger partial charge in [-0.15, -0.1) is 0 Å². The Labute approximate surface area is 231 Å². The molecule has 8 nitrogen and oxygen atoms in total. The first kappa shape index (κ1) is 29.7. The minimum absolute atomic E-state index is 0.0292. The molecular weight excluding hydrogens is 514 g/mol. The van der Waals surface area contributed by atoms with Gasteiger partial charge >= 0.3 is 0 Å². The van der Waals surface area contributed by atoms with Crippen LogP contribution in [0.2, 0.25) is 0 Å². The lowest BCUT2D eigenvalue weighted by Gasteiger charge is -2.32. The van der Waals surface area contributed by atoms with E-state index in [1.165, 1.54) is 17.0 Å². The fraction of sp³-hybridized carbons (Fsp3) is 0.333. The second-order valence-corrected chi connectivity index (χ2v) is 11.1. The second kappa shape index (κ2) is 13.8. The predicted molar refractivity (Wildman–Crippen MR) is 153 cm³/mol. The van der Waals surface area contributed by atoms with E-state index < -0.39 is 28.5 Å². The summed E-state index contributed by atoms with van der Waals surface area (Å²) < 4.78 is 34.2. The number of rotatable bonds is 13. The van der Waals surface area contributed by atoms with Crippen LogP contribution in [-0.4, -0.2) is 50.9 Å². The van der Waals surface area contributed by atoms with Crippen molar-refractivity contribution in [2.75, 3.05) is 24.0 Å². The zero-order valence-electron chi connectivity index (χ0n) is 23.0. The number of nitrogens with zero attached hydrogens (tertiary/aromatic N) is 2. The normalized spacial score (nSPS) is 11.9. The molecule has 1 N–H and O–H groups in total. The predicted octanol–water partition coefficient (Wildman–Crippen LogP) is 4.53. The molecule has 3 rings (SSSR count). The van der Waals surface area contributed by atoms with Gasteiger partial charge in [0.1, 0.15) is 18.3 Å². The van der Waals surface area contributed by atoms with Gasteiger partial charge in [-0.3, -0.25) is 13.9 Å². The number of hydrogen-bond acceptors (Lipinski definition) is 5. The highest BCUT2D eigenvalue weighted by Gasteiger charge is 2.32. The van der Waals surface area contributed by atoms with Crippen LogP contribution in [0.1, 0.15) is 38.3 Å². The van der Waals surface area contributed by atoms with E-state index in [2.05, 4.69) is 5.32 Å². The maximum Gasteiger partial charge on any atom is 0.264 e. The Morgan fingerprint density at radius 3 is 2.26 bits per heavy atom. The third kappa shape index (κ3) is 7.83. The summed E-state index contributed by atoms with van der Waals surface area (Å²) in [5, 5.41) is 2.84. The van der Waals surface area contributed by atoms with E-state index in [0.29, 0.717) is 24.6 Å². The number of para-hydroxylation sites is 1. The molecule has 0 heterocycles. The van der Waals surface area contributed by atoms with E-state index in [-0.39, 0.29) is 17.3 Å². The smallest absolute Gasteiger partial charge is 0.264 e. The number of aryl methyl sites for hydroxylation is 1. The van der Waals surface area contributed by atoms with Crippen molar-refractivity contribution < 1.29 is 22.7 Å². The molecule has 0 radical (unpaired) electrons. The molecule has 0 aliphatic rings. The number of anilines is 1. The van der Waals surface area contributed by atoms with E-state index in [4.69, 9.17) is 4.74 Å². The van der Waals surface area contributed by atoms with E-state index in [1.807, 2.05) is 45.0 Å². The summed E-state index contributed by atoms with van der Waals surface area (Å²) >= 11 is 0. The lowest BCUT2D eigenvalue weighted by molar-refractivity contribution is -0.139.